The Balaban J connectivity index is 0.000000107. The molecule has 0 atom stereocenters. The van der Waals surface area contributed by atoms with Crippen LogP contribution in [0.1, 0.15) is 65.3 Å². The molecule has 5 aromatic carbocycles. The van der Waals surface area contributed by atoms with Gasteiger partial charge in [-0.2, -0.15) is 22.8 Å². The highest BCUT2D eigenvalue weighted by atomic mass is 15.1. The third-order valence-electron chi connectivity index (χ3n) is 21.6. The fraction of sp³-hybridized carbons (Fsp3) is 0.167. The number of imidazole rings is 5. The Morgan fingerprint density at radius 2 is 0.577 bits per heavy atom. The molecule has 0 saturated carbocycles. The molecule has 0 amide bonds. The maximum absolute atomic E-state index is 7.62. The Morgan fingerprint density at radius 1 is 0.261 bits per heavy atom. The van der Waals surface area contributed by atoms with Gasteiger partial charge in [-0.1, -0.05) is 107 Å². The smallest absolute Gasteiger partial charge is 0.240 e. The van der Waals surface area contributed by atoms with E-state index in [0.29, 0.717) is 5.56 Å². The van der Waals surface area contributed by atoms with E-state index in [4.69, 9.17) is 24.0 Å². The third-order valence-corrected chi connectivity index (χ3v) is 21.6. The number of rotatable bonds is 5. The van der Waals surface area contributed by atoms with Crippen LogP contribution in [0.15, 0.2) is 268 Å². The van der Waals surface area contributed by atoms with Gasteiger partial charge in [-0.05, 0) is 206 Å². The largest absolute Gasteiger partial charge is 0.299 e. The highest BCUT2D eigenvalue weighted by Gasteiger charge is 2.28. The molecule has 0 radical (unpaired) electrons. The van der Waals surface area contributed by atoms with E-state index in [1.165, 1.54) is 101 Å². The molecule has 0 spiro atoms. The van der Waals surface area contributed by atoms with Crippen LogP contribution in [0.5, 0.6) is 0 Å². The molecule has 0 aliphatic carbocycles. The standard InChI is InChI=1S/2C20H20N3.2C19H18N3.C18H16N3/c1-13-11-14(2)15(3)16(12-13)20-19-17(8-10-22(20)4)23-9-6-5-7-18(23)21-19;1-13-11-14(2)15(3)16(12-13)19-20-17(8-10-22(19)4)21-18-7-5-6-9-23(18)20;2*1-13-7-8-15(14(2)12-13)18-19-16(9-11-21(18)3)20-17-6-4-5-10-22(17)19;1-13-7-3-4-8-14(13)17-18-15(10-12-20(17)2)19-16-9-5-6-11-21(16)18/h2*5-12H,1-4H3;2*4-12H,1-3H3;3-12H,1-2H3/q5*+1/i;;1D3;;. The summed E-state index contributed by atoms with van der Waals surface area (Å²) in [5, 5.41) is 0. The zero-order valence-electron chi connectivity index (χ0n) is 68.6. The number of nitrogens with zero attached hydrogens (tertiary/aromatic N) is 15. The van der Waals surface area contributed by atoms with Crippen molar-refractivity contribution in [2.24, 2.45) is 35.2 Å². The molecule has 546 valence electrons. The highest BCUT2D eigenvalue weighted by Crippen LogP contribution is 2.36. The van der Waals surface area contributed by atoms with Crippen molar-refractivity contribution in [1.29, 1.82) is 0 Å². The maximum atomic E-state index is 7.62. The highest BCUT2D eigenvalue weighted by molar-refractivity contribution is 5.96. The van der Waals surface area contributed by atoms with Crippen molar-refractivity contribution in [3.8, 4) is 56.3 Å². The molecule has 0 unspecified atom stereocenters. The fourth-order valence-electron chi connectivity index (χ4n) is 15.9. The second-order valence-electron chi connectivity index (χ2n) is 29.4. The van der Waals surface area contributed by atoms with E-state index in [-0.39, 0.29) is 0 Å². The molecular formula is C96H92N15+5. The van der Waals surface area contributed by atoms with Gasteiger partial charge in [0.05, 0.1) is 33.3 Å². The van der Waals surface area contributed by atoms with Gasteiger partial charge >= 0.3 is 0 Å². The first-order valence-corrected chi connectivity index (χ1v) is 37.6. The number of pyridine rings is 10. The van der Waals surface area contributed by atoms with Gasteiger partial charge in [-0.25, -0.2) is 24.9 Å². The van der Waals surface area contributed by atoms with Gasteiger partial charge in [0.2, 0.25) is 28.5 Å². The van der Waals surface area contributed by atoms with Gasteiger partial charge in [0, 0.05) is 65.4 Å². The molecule has 15 nitrogen and oxygen atoms in total. The van der Waals surface area contributed by atoms with Gasteiger partial charge in [0.1, 0.15) is 108 Å². The van der Waals surface area contributed by atoms with Crippen LogP contribution in [-0.4, -0.2) is 46.9 Å². The van der Waals surface area contributed by atoms with E-state index in [1.807, 2.05) is 111 Å². The van der Waals surface area contributed by atoms with Crippen LogP contribution in [0.3, 0.4) is 0 Å². The first-order chi connectivity index (χ1) is 54.9. The second-order valence-corrected chi connectivity index (χ2v) is 29.4. The molecule has 20 aromatic rings. The molecule has 20 rings (SSSR count). The van der Waals surface area contributed by atoms with Crippen molar-refractivity contribution < 1.29 is 26.9 Å². The normalized spacial score (nSPS) is 11.9. The second kappa shape index (κ2) is 29.3. The predicted octanol–water partition coefficient (Wildman–Crippen LogP) is 18.3. The lowest BCUT2D eigenvalue weighted by molar-refractivity contribution is -0.659. The third kappa shape index (κ3) is 13.2. The summed E-state index contributed by atoms with van der Waals surface area (Å²) in [6.45, 7) is 19.4. The molecule has 15 heterocycles. The lowest BCUT2D eigenvalue weighted by Gasteiger charge is -2.10. The summed E-state index contributed by atoms with van der Waals surface area (Å²) in [5.74, 6) is 0. The zero-order valence-corrected chi connectivity index (χ0v) is 65.6. The van der Waals surface area contributed by atoms with E-state index in [1.54, 1.807) is 12.1 Å². The monoisotopic (exact) mass is 1460 g/mol. The summed E-state index contributed by atoms with van der Waals surface area (Å²) in [5.41, 5.74) is 40.4. The first kappa shape index (κ1) is 68.2. The molecule has 15 aromatic heterocycles. The number of benzene rings is 5. The quantitative estimate of drug-likeness (QED) is 0.160. The van der Waals surface area contributed by atoms with E-state index in [9.17, 15) is 0 Å². The van der Waals surface area contributed by atoms with E-state index in [2.05, 4.69) is 299 Å². The zero-order chi connectivity index (χ0) is 79.7. The molecule has 111 heavy (non-hydrogen) atoms. The van der Waals surface area contributed by atoms with Crippen molar-refractivity contribution in [2.75, 3.05) is 0 Å². The van der Waals surface area contributed by atoms with E-state index in [0.717, 1.165) is 94.7 Å². The molecule has 0 aliphatic rings. The lowest BCUT2D eigenvalue weighted by atomic mass is 9.96. The van der Waals surface area contributed by atoms with Crippen LogP contribution < -0.4 is 22.8 Å². The Morgan fingerprint density at radius 3 is 0.973 bits per heavy atom. The molecular weight excluding hydrogens is 1360 g/mol. The minimum atomic E-state index is -2.10. The number of aromatic nitrogens is 15. The molecule has 0 bridgehead atoms. The van der Waals surface area contributed by atoms with Gasteiger partial charge in [-0.3, -0.25) is 22.0 Å². The van der Waals surface area contributed by atoms with Gasteiger partial charge in [0.25, 0.3) is 0 Å². The molecule has 0 fully saturated rings. The summed E-state index contributed by atoms with van der Waals surface area (Å²) in [6, 6.07) is 70.3. The molecule has 0 saturated heterocycles. The average molecular weight is 1460 g/mol. The number of fused-ring (bicyclic) bond motifs is 15. The van der Waals surface area contributed by atoms with Gasteiger partial charge in [-0.15, -0.1) is 0 Å². The Labute approximate surface area is 650 Å². The predicted molar refractivity (Wildman–Crippen MR) is 449 cm³/mol. The minimum absolute atomic E-state index is 0.363. The summed E-state index contributed by atoms with van der Waals surface area (Å²) in [4.78, 5) is 23.8. The van der Waals surface area contributed by atoms with Crippen molar-refractivity contribution in [2.45, 2.75) is 76.1 Å². The molecule has 15 heteroatoms. The van der Waals surface area contributed by atoms with E-state index >= 15 is 0 Å². The minimum Gasteiger partial charge on any atom is -0.299 e. The molecule has 0 N–H and O–H groups in total. The number of aryl methyl sites for hydroxylation is 14. The van der Waals surface area contributed by atoms with E-state index < -0.39 is 6.85 Å². The summed E-state index contributed by atoms with van der Waals surface area (Å²) < 4.78 is 44.4. The molecule has 0 aliphatic heterocycles. The van der Waals surface area contributed by atoms with Crippen LogP contribution in [0.2, 0.25) is 0 Å². The average Bonchev–Trinajstić information content (AvgIpc) is 1.58. The summed E-state index contributed by atoms with van der Waals surface area (Å²) in [7, 11) is 10.4. The Bertz CT molecular complexity index is 7190. The SMILES string of the molecule is Cc1cc(C)c(C)c(-c2c3c(cc[n+]2C)nc2ccccn23)c1.Cc1cc(C)c(C)c(-c2c3nc4ccccn4c3cc[n+]2C)c1.Cc1ccc(-c2c3c(cc[n+]2C)nc2ccccn23)c(C)c1.Cc1ccccc1-c1c2c(cc[n+]1C)nc1ccccn12.[2H]C([2H])([2H])c1ccc(-c2c3c(cc[n+]2C)nc2ccccn23)c(C)c1. The van der Waals surface area contributed by atoms with Crippen LogP contribution in [0, 0.1) is 76.1 Å². The summed E-state index contributed by atoms with van der Waals surface area (Å²) in [6.07, 6.45) is 20.7. The van der Waals surface area contributed by atoms with Gasteiger partial charge < -0.3 is 0 Å². The number of hydrogen-bond donors (Lipinski definition) is 0. The van der Waals surface area contributed by atoms with Crippen molar-refractivity contribution in [3.63, 3.8) is 0 Å². The maximum Gasteiger partial charge on any atom is 0.240 e. The van der Waals surface area contributed by atoms with Crippen molar-refractivity contribution in [1.82, 2.24) is 46.9 Å². The number of hydrogen-bond acceptors (Lipinski definition) is 5. The summed E-state index contributed by atoms with van der Waals surface area (Å²) >= 11 is 0. The Hall–Kier alpha value is -13.4. The first-order valence-electron chi connectivity index (χ1n) is 39.1. The lowest BCUT2D eigenvalue weighted by Crippen LogP contribution is -2.31. The van der Waals surface area contributed by atoms with Crippen LogP contribution in [0.25, 0.3) is 140 Å². The van der Waals surface area contributed by atoms with Gasteiger partial charge in [0.15, 0.2) is 36.5 Å². The van der Waals surface area contributed by atoms with Crippen LogP contribution in [-0.2, 0) is 35.2 Å². The van der Waals surface area contributed by atoms with Crippen molar-refractivity contribution in [3.05, 3.63) is 329 Å². The van der Waals surface area contributed by atoms with Crippen molar-refractivity contribution >= 4 is 83.4 Å². The van der Waals surface area contributed by atoms with Crippen LogP contribution in [0.4, 0.5) is 0 Å². The fourth-order valence-corrected chi connectivity index (χ4v) is 15.9. The Kier molecular flexibility index (Phi) is 18.0. The van der Waals surface area contributed by atoms with Crippen LogP contribution >= 0.6 is 0 Å². The topological polar surface area (TPSA) is 106 Å².